The highest BCUT2D eigenvalue weighted by atomic mass is 35.5. The Bertz CT molecular complexity index is 852. The Morgan fingerprint density at radius 3 is 2.62 bits per heavy atom. The number of nitrogens with zero attached hydrogens (tertiary/aromatic N) is 2. The van der Waals surface area contributed by atoms with Gasteiger partial charge in [0.2, 0.25) is 0 Å². The van der Waals surface area contributed by atoms with Crippen LogP contribution >= 0.6 is 11.6 Å². The van der Waals surface area contributed by atoms with E-state index in [0.717, 1.165) is 0 Å². The quantitative estimate of drug-likeness (QED) is 0.851. The first-order valence-corrected chi connectivity index (χ1v) is 7.28. The van der Waals surface area contributed by atoms with E-state index >= 15 is 0 Å². The number of carbonyl (C=O) groups excluding carboxylic acids is 2. The molecule has 0 saturated heterocycles. The zero-order chi connectivity index (χ0) is 17.9. The molecule has 1 aromatic heterocycles. The maximum absolute atomic E-state index is 12.0. The van der Waals surface area contributed by atoms with Crippen molar-refractivity contribution in [3.8, 4) is 11.8 Å². The number of halogens is 1. The third-order valence-electron chi connectivity index (χ3n) is 3.22. The topological polar surface area (TPSA) is 107 Å². The average Bonchev–Trinajstić information content (AvgIpc) is 2.90. The first kappa shape index (κ1) is 17.4. The summed E-state index contributed by atoms with van der Waals surface area (Å²) < 4.78 is 11.0. The fourth-order valence-electron chi connectivity index (χ4n) is 2.16. The highest BCUT2D eigenvalue weighted by molar-refractivity contribution is 6.31. The van der Waals surface area contributed by atoms with E-state index in [1.165, 1.54) is 36.1 Å². The van der Waals surface area contributed by atoms with Crippen molar-refractivity contribution in [2.75, 3.05) is 19.5 Å². The van der Waals surface area contributed by atoms with E-state index in [9.17, 15) is 9.59 Å². The molecule has 2 N–H and O–H groups in total. The third kappa shape index (κ3) is 3.19. The number of nitriles is 1. The van der Waals surface area contributed by atoms with E-state index in [1.807, 2.05) is 6.07 Å². The lowest BCUT2D eigenvalue weighted by Crippen LogP contribution is -2.12. The van der Waals surface area contributed by atoms with Crippen molar-refractivity contribution in [1.29, 1.82) is 5.26 Å². The minimum Gasteiger partial charge on any atom is -0.464 e. The van der Waals surface area contributed by atoms with Crippen molar-refractivity contribution in [1.82, 2.24) is 4.57 Å². The molecule has 1 aromatic carbocycles. The number of ether oxygens (including phenoxy) is 2. The van der Waals surface area contributed by atoms with Crippen LogP contribution in [-0.4, -0.2) is 30.2 Å². The van der Waals surface area contributed by atoms with Crippen LogP contribution in [0.15, 0.2) is 24.4 Å². The predicted octanol–water partition coefficient (Wildman–Crippen LogP) is 2.55. The summed E-state index contributed by atoms with van der Waals surface area (Å²) >= 11 is 6.06. The molecule has 2 rings (SSSR count). The van der Waals surface area contributed by atoms with Gasteiger partial charge < -0.3 is 19.8 Å². The first-order valence-electron chi connectivity index (χ1n) is 6.90. The van der Waals surface area contributed by atoms with Crippen molar-refractivity contribution in [3.63, 3.8) is 0 Å². The molecule has 0 saturated carbocycles. The molecule has 1 heterocycles. The van der Waals surface area contributed by atoms with Crippen LogP contribution < -0.4 is 5.73 Å². The Hall–Kier alpha value is -2.98. The highest BCUT2D eigenvalue weighted by Gasteiger charge is 2.22. The van der Waals surface area contributed by atoms with Crippen LogP contribution in [-0.2, 0) is 9.47 Å². The number of aromatic nitrogens is 1. The Labute approximate surface area is 143 Å². The van der Waals surface area contributed by atoms with E-state index in [1.54, 1.807) is 6.92 Å². The van der Waals surface area contributed by atoms with Crippen LogP contribution in [0.1, 0.15) is 33.3 Å². The number of esters is 2. The standard InChI is InChI=1S/C16H14ClN3O4/c1-3-24-15(21)9-4-11(17)6-12(5-9)20-8-10(7-18)13(19)14(20)16(22)23-2/h4-6,8H,3,19H2,1-2H3. The molecule has 8 heteroatoms. The van der Waals surface area contributed by atoms with E-state index < -0.39 is 11.9 Å². The normalized spacial score (nSPS) is 10.1. The molecule has 0 aliphatic carbocycles. The first-order chi connectivity index (χ1) is 11.4. The number of carbonyl (C=O) groups is 2. The second kappa shape index (κ2) is 7.06. The Morgan fingerprint density at radius 1 is 1.33 bits per heavy atom. The van der Waals surface area contributed by atoms with E-state index in [4.69, 9.17) is 32.1 Å². The number of rotatable bonds is 4. The maximum Gasteiger partial charge on any atom is 0.357 e. The molecule has 0 spiro atoms. The number of hydrogen-bond acceptors (Lipinski definition) is 6. The fraction of sp³-hybridized carbons (Fsp3) is 0.188. The minimum absolute atomic E-state index is 0.0120. The largest absolute Gasteiger partial charge is 0.464 e. The zero-order valence-electron chi connectivity index (χ0n) is 13.0. The van der Waals surface area contributed by atoms with Gasteiger partial charge in [0.15, 0.2) is 5.69 Å². The van der Waals surface area contributed by atoms with Gasteiger partial charge in [-0.2, -0.15) is 5.26 Å². The van der Waals surface area contributed by atoms with Crippen LogP contribution in [0, 0.1) is 11.3 Å². The summed E-state index contributed by atoms with van der Waals surface area (Å²) in [6, 6.07) is 6.35. The molecule has 24 heavy (non-hydrogen) atoms. The molecule has 0 unspecified atom stereocenters. The number of anilines is 1. The summed E-state index contributed by atoms with van der Waals surface area (Å²) in [7, 11) is 1.20. The van der Waals surface area contributed by atoms with Gasteiger partial charge in [-0.05, 0) is 25.1 Å². The van der Waals surface area contributed by atoms with Crippen molar-refractivity contribution < 1.29 is 19.1 Å². The third-order valence-corrected chi connectivity index (χ3v) is 3.43. The minimum atomic E-state index is -0.716. The van der Waals surface area contributed by atoms with Crippen LogP contribution in [0.25, 0.3) is 5.69 Å². The zero-order valence-corrected chi connectivity index (χ0v) is 13.8. The Morgan fingerprint density at radius 2 is 2.04 bits per heavy atom. The molecule has 2 aromatic rings. The van der Waals surface area contributed by atoms with Gasteiger partial charge in [-0.3, -0.25) is 0 Å². The number of nitrogen functional groups attached to an aromatic ring is 1. The summed E-state index contributed by atoms with van der Waals surface area (Å²) in [5, 5.41) is 9.39. The molecular formula is C16H14ClN3O4. The van der Waals surface area contributed by atoms with Gasteiger partial charge in [0.1, 0.15) is 6.07 Å². The second-order valence-electron chi connectivity index (χ2n) is 4.70. The van der Waals surface area contributed by atoms with Gasteiger partial charge in [0, 0.05) is 16.9 Å². The highest BCUT2D eigenvalue weighted by Crippen LogP contribution is 2.27. The number of methoxy groups -OCH3 is 1. The van der Waals surface area contributed by atoms with Crippen LogP contribution in [0.3, 0.4) is 0 Å². The lowest BCUT2D eigenvalue weighted by atomic mass is 10.2. The van der Waals surface area contributed by atoms with E-state index in [2.05, 4.69) is 0 Å². The van der Waals surface area contributed by atoms with Crippen molar-refractivity contribution >= 4 is 29.2 Å². The second-order valence-corrected chi connectivity index (χ2v) is 5.13. The van der Waals surface area contributed by atoms with E-state index in [-0.39, 0.29) is 34.1 Å². The summed E-state index contributed by atoms with van der Waals surface area (Å²) in [6.45, 7) is 1.90. The molecule has 0 bridgehead atoms. The van der Waals surface area contributed by atoms with Gasteiger partial charge in [-0.1, -0.05) is 11.6 Å². The fourth-order valence-corrected chi connectivity index (χ4v) is 2.39. The molecular weight excluding hydrogens is 334 g/mol. The number of nitrogens with two attached hydrogens (primary N) is 1. The van der Waals surface area contributed by atoms with Crippen molar-refractivity contribution in [2.45, 2.75) is 6.92 Å². The van der Waals surface area contributed by atoms with Gasteiger partial charge in [0.25, 0.3) is 0 Å². The summed E-state index contributed by atoms with van der Waals surface area (Å²) in [6.07, 6.45) is 1.38. The molecule has 0 atom stereocenters. The van der Waals surface area contributed by atoms with Crippen molar-refractivity contribution in [2.24, 2.45) is 0 Å². The summed E-state index contributed by atoms with van der Waals surface area (Å²) in [5.74, 6) is -1.27. The smallest absolute Gasteiger partial charge is 0.357 e. The molecule has 124 valence electrons. The van der Waals surface area contributed by atoms with E-state index in [0.29, 0.717) is 5.69 Å². The maximum atomic E-state index is 12.0. The van der Waals surface area contributed by atoms with Crippen LogP contribution in [0.4, 0.5) is 5.69 Å². The molecule has 0 aliphatic rings. The number of benzene rings is 1. The molecule has 0 radical (unpaired) electrons. The lowest BCUT2D eigenvalue weighted by Gasteiger charge is -2.11. The van der Waals surface area contributed by atoms with Crippen LogP contribution in [0.2, 0.25) is 5.02 Å². The van der Waals surface area contributed by atoms with Gasteiger partial charge in [0.05, 0.1) is 30.5 Å². The SMILES string of the molecule is CCOC(=O)c1cc(Cl)cc(-n2cc(C#N)c(N)c2C(=O)OC)c1. The predicted molar refractivity (Wildman–Crippen MR) is 87.2 cm³/mol. The summed E-state index contributed by atoms with van der Waals surface area (Å²) in [5.41, 5.74) is 6.50. The van der Waals surface area contributed by atoms with Gasteiger partial charge >= 0.3 is 11.9 Å². The van der Waals surface area contributed by atoms with Crippen LogP contribution in [0.5, 0.6) is 0 Å². The lowest BCUT2D eigenvalue weighted by molar-refractivity contribution is 0.0525. The monoisotopic (exact) mass is 347 g/mol. The van der Waals surface area contributed by atoms with Crippen molar-refractivity contribution in [3.05, 3.63) is 46.2 Å². The Kier molecular flexibility index (Phi) is 5.11. The van der Waals surface area contributed by atoms with Gasteiger partial charge in [-0.15, -0.1) is 0 Å². The molecule has 0 amide bonds. The molecule has 7 nitrogen and oxygen atoms in total. The van der Waals surface area contributed by atoms with Gasteiger partial charge in [-0.25, -0.2) is 9.59 Å². The molecule has 0 aliphatic heterocycles. The number of hydrogen-bond donors (Lipinski definition) is 1. The molecule has 0 fully saturated rings. The average molecular weight is 348 g/mol. The summed E-state index contributed by atoms with van der Waals surface area (Å²) in [4.78, 5) is 23.9. The Balaban J connectivity index is 2.66.